The average molecular weight is 414 g/mol. The van der Waals surface area contributed by atoms with E-state index in [4.69, 9.17) is 11.6 Å². The van der Waals surface area contributed by atoms with Crippen LogP contribution in [-0.2, 0) is 4.79 Å². The number of amides is 1. The van der Waals surface area contributed by atoms with Gasteiger partial charge in [0, 0.05) is 5.02 Å². The summed E-state index contributed by atoms with van der Waals surface area (Å²) >= 11 is 7.56. The van der Waals surface area contributed by atoms with Crippen molar-refractivity contribution in [1.29, 1.82) is 0 Å². The predicted octanol–water partition coefficient (Wildman–Crippen LogP) is 4.05. The summed E-state index contributed by atoms with van der Waals surface area (Å²) in [4.78, 5) is 13.0. The molecule has 2 unspecified atom stereocenters. The van der Waals surface area contributed by atoms with Crippen LogP contribution in [0.25, 0.3) is 0 Å². The van der Waals surface area contributed by atoms with Crippen molar-refractivity contribution in [3.63, 3.8) is 0 Å². The summed E-state index contributed by atoms with van der Waals surface area (Å²) in [5.41, 5.74) is 1.94. The number of halogens is 1. The van der Waals surface area contributed by atoms with Crippen LogP contribution in [0.5, 0.6) is 0 Å². The number of thioether (sulfide) groups is 1. The SMILES string of the molecule is CC(Sc1nnnn1C1CC1)C(=O)NC(c1ccccc1)c1cccc(Cl)c1. The lowest BCUT2D eigenvalue weighted by atomic mass is 9.98. The maximum Gasteiger partial charge on any atom is 0.234 e. The molecule has 1 saturated carbocycles. The zero-order valence-electron chi connectivity index (χ0n) is 15.3. The Morgan fingerprint density at radius 1 is 1.18 bits per heavy atom. The number of carbonyl (C=O) groups excluding carboxylic acids is 1. The van der Waals surface area contributed by atoms with Gasteiger partial charge in [-0.2, -0.15) is 0 Å². The van der Waals surface area contributed by atoms with Crippen molar-refractivity contribution < 1.29 is 4.79 Å². The third-order valence-corrected chi connectivity index (χ3v) is 5.89. The highest BCUT2D eigenvalue weighted by atomic mass is 35.5. The van der Waals surface area contributed by atoms with Gasteiger partial charge in [-0.05, 0) is 53.5 Å². The Labute approximate surface area is 172 Å². The van der Waals surface area contributed by atoms with Gasteiger partial charge in [0.05, 0.1) is 17.3 Å². The zero-order valence-corrected chi connectivity index (χ0v) is 16.9. The first kappa shape index (κ1) is 19.0. The van der Waals surface area contributed by atoms with E-state index in [1.165, 1.54) is 11.8 Å². The molecule has 1 N–H and O–H groups in total. The Morgan fingerprint density at radius 3 is 2.64 bits per heavy atom. The largest absolute Gasteiger partial charge is 0.344 e. The molecule has 1 aromatic heterocycles. The van der Waals surface area contributed by atoms with Gasteiger partial charge in [-0.1, -0.05) is 65.8 Å². The van der Waals surface area contributed by atoms with Crippen LogP contribution in [0, 0.1) is 0 Å². The number of aromatic nitrogens is 4. The lowest BCUT2D eigenvalue weighted by molar-refractivity contribution is -0.120. The Morgan fingerprint density at radius 2 is 1.93 bits per heavy atom. The van der Waals surface area contributed by atoms with Gasteiger partial charge in [0.2, 0.25) is 11.1 Å². The molecule has 0 bridgehead atoms. The van der Waals surface area contributed by atoms with Crippen molar-refractivity contribution in [2.45, 2.75) is 42.3 Å². The summed E-state index contributed by atoms with van der Waals surface area (Å²) in [5, 5.41) is 16.0. The van der Waals surface area contributed by atoms with Crippen molar-refractivity contribution in [2.75, 3.05) is 0 Å². The Kier molecular flexibility index (Phi) is 5.64. The maximum absolute atomic E-state index is 13.0. The molecule has 3 aromatic rings. The van der Waals surface area contributed by atoms with Crippen molar-refractivity contribution in [3.8, 4) is 0 Å². The number of rotatable bonds is 7. The van der Waals surface area contributed by atoms with E-state index >= 15 is 0 Å². The second kappa shape index (κ2) is 8.32. The van der Waals surface area contributed by atoms with Crippen molar-refractivity contribution >= 4 is 29.3 Å². The standard InChI is InChI=1S/C20H20ClN5OS/c1-13(28-20-23-24-25-26(20)17-10-11-17)19(27)22-18(14-6-3-2-4-7-14)15-8-5-9-16(21)12-15/h2-9,12-13,17-18H,10-11H2,1H3,(H,22,27). The first-order valence-electron chi connectivity index (χ1n) is 9.17. The van der Waals surface area contributed by atoms with Crippen molar-refractivity contribution in [1.82, 2.24) is 25.5 Å². The van der Waals surface area contributed by atoms with E-state index in [9.17, 15) is 4.79 Å². The summed E-state index contributed by atoms with van der Waals surface area (Å²) in [6.07, 6.45) is 2.17. The van der Waals surface area contributed by atoms with Gasteiger partial charge in [-0.15, -0.1) is 5.10 Å². The Balaban J connectivity index is 1.52. The van der Waals surface area contributed by atoms with Gasteiger partial charge in [0.1, 0.15) is 0 Å². The minimum absolute atomic E-state index is 0.0795. The third-order valence-electron chi connectivity index (χ3n) is 4.61. The molecular weight excluding hydrogens is 394 g/mol. The van der Waals surface area contributed by atoms with Crippen LogP contribution in [0.1, 0.15) is 43.0 Å². The van der Waals surface area contributed by atoms with Gasteiger partial charge in [-0.3, -0.25) is 4.79 Å². The molecule has 1 aliphatic carbocycles. The van der Waals surface area contributed by atoms with Crippen LogP contribution in [0.2, 0.25) is 5.02 Å². The van der Waals surface area contributed by atoms with Gasteiger partial charge in [0.25, 0.3) is 0 Å². The number of hydrogen-bond donors (Lipinski definition) is 1. The number of nitrogens with one attached hydrogen (secondary N) is 1. The first-order valence-corrected chi connectivity index (χ1v) is 10.4. The van der Waals surface area contributed by atoms with E-state index in [-0.39, 0.29) is 17.2 Å². The first-order chi connectivity index (χ1) is 13.6. The number of carbonyl (C=O) groups is 1. The van der Waals surface area contributed by atoms with E-state index in [0.717, 1.165) is 24.0 Å². The highest BCUT2D eigenvalue weighted by molar-refractivity contribution is 8.00. The summed E-state index contributed by atoms with van der Waals surface area (Å²) in [5.74, 6) is -0.0795. The fourth-order valence-corrected chi connectivity index (χ4v) is 4.04. The fraction of sp³-hybridized carbons (Fsp3) is 0.300. The minimum Gasteiger partial charge on any atom is -0.344 e. The van der Waals surface area contributed by atoms with Crippen LogP contribution in [-0.4, -0.2) is 31.4 Å². The molecule has 28 heavy (non-hydrogen) atoms. The predicted molar refractivity (Wildman–Crippen MR) is 109 cm³/mol. The number of hydrogen-bond acceptors (Lipinski definition) is 5. The normalized spacial score (nSPS) is 15.8. The summed E-state index contributed by atoms with van der Waals surface area (Å²) in [6, 6.07) is 17.5. The molecule has 8 heteroatoms. The van der Waals surface area contributed by atoms with Crippen LogP contribution < -0.4 is 5.32 Å². The molecule has 1 fully saturated rings. The molecular formula is C20H20ClN5OS. The number of tetrazole rings is 1. The highest BCUT2D eigenvalue weighted by Crippen LogP contribution is 2.37. The molecule has 6 nitrogen and oxygen atoms in total. The van der Waals surface area contributed by atoms with Gasteiger partial charge in [0.15, 0.2) is 0 Å². The van der Waals surface area contributed by atoms with E-state index in [0.29, 0.717) is 16.2 Å². The highest BCUT2D eigenvalue weighted by Gasteiger charge is 2.30. The average Bonchev–Trinajstić information content (AvgIpc) is 3.45. The molecule has 0 spiro atoms. The minimum atomic E-state index is -0.339. The van der Waals surface area contributed by atoms with Crippen LogP contribution in [0.15, 0.2) is 59.8 Å². The molecule has 2 aromatic carbocycles. The van der Waals surface area contributed by atoms with Gasteiger partial charge >= 0.3 is 0 Å². The van der Waals surface area contributed by atoms with E-state index in [2.05, 4.69) is 20.8 Å². The molecule has 144 valence electrons. The zero-order chi connectivity index (χ0) is 19.5. The molecule has 0 saturated heterocycles. The van der Waals surface area contributed by atoms with Gasteiger partial charge < -0.3 is 5.32 Å². The molecule has 1 heterocycles. The molecule has 1 aliphatic rings. The van der Waals surface area contributed by atoms with Crippen molar-refractivity contribution in [2.24, 2.45) is 0 Å². The van der Waals surface area contributed by atoms with E-state index in [1.54, 1.807) is 0 Å². The Hall–Kier alpha value is -2.38. The molecule has 1 amide bonds. The monoisotopic (exact) mass is 413 g/mol. The lowest BCUT2D eigenvalue weighted by Gasteiger charge is -2.22. The summed E-state index contributed by atoms with van der Waals surface area (Å²) in [6.45, 7) is 1.87. The summed E-state index contributed by atoms with van der Waals surface area (Å²) in [7, 11) is 0. The second-order valence-electron chi connectivity index (χ2n) is 6.80. The van der Waals surface area contributed by atoms with Crippen molar-refractivity contribution in [3.05, 3.63) is 70.7 Å². The molecule has 0 aliphatic heterocycles. The lowest BCUT2D eigenvalue weighted by Crippen LogP contribution is -2.35. The quantitative estimate of drug-likeness (QED) is 0.591. The smallest absolute Gasteiger partial charge is 0.234 e. The van der Waals surface area contributed by atoms with E-state index in [1.807, 2.05) is 66.2 Å². The fourth-order valence-electron chi connectivity index (χ4n) is 2.97. The van der Waals surface area contributed by atoms with Gasteiger partial charge in [-0.25, -0.2) is 4.68 Å². The Bertz CT molecular complexity index is 960. The van der Waals surface area contributed by atoms with E-state index < -0.39 is 0 Å². The maximum atomic E-state index is 13.0. The van der Waals surface area contributed by atoms with Crippen LogP contribution in [0.3, 0.4) is 0 Å². The third kappa shape index (κ3) is 4.36. The number of nitrogens with zero attached hydrogens (tertiary/aromatic N) is 4. The topological polar surface area (TPSA) is 72.7 Å². The molecule has 0 radical (unpaired) electrons. The summed E-state index contributed by atoms with van der Waals surface area (Å²) < 4.78 is 1.82. The second-order valence-corrected chi connectivity index (χ2v) is 8.55. The number of benzene rings is 2. The van der Waals surface area contributed by atoms with Crippen LogP contribution >= 0.6 is 23.4 Å². The molecule has 2 atom stereocenters. The van der Waals surface area contributed by atoms with Crippen LogP contribution in [0.4, 0.5) is 0 Å². The molecule has 4 rings (SSSR count).